The van der Waals surface area contributed by atoms with Crippen molar-refractivity contribution in [2.75, 3.05) is 29.5 Å². The number of nitrogens with zero attached hydrogens (tertiary/aromatic N) is 2. The van der Waals surface area contributed by atoms with Crippen molar-refractivity contribution in [3.63, 3.8) is 0 Å². The minimum atomic E-state index is -3.00. The Morgan fingerprint density at radius 3 is 2.71 bits per heavy atom. The fraction of sp³-hybridized carbons (Fsp3) is 0.571. The van der Waals surface area contributed by atoms with Crippen molar-refractivity contribution in [3.05, 3.63) is 24.0 Å². The molecular formula is C14H21N3O3S. The van der Waals surface area contributed by atoms with Gasteiger partial charge in [0.05, 0.1) is 11.5 Å². The Hall–Kier alpha value is -1.63. The molecule has 1 amide bonds. The average Bonchev–Trinajstić information content (AvgIpc) is 2.79. The molecule has 116 valence electrons. The van der Waals surface area contributed by atoms with Gasteiger partial charge in [-0.15, -0.1) is 0 Å². The standard InChI is InChI=1S/C14H21N3O3S/c1-3-17(4-2)12-5-7-15-13(9-12)14(18)16-11-6-8-21(19,20)10-11/h5,7,9,11H,3-4,6,8,10H2,1-2H3,(H,16,18). The van der Waals surface area contributed by atoms with Crippen molar-refractivity contribution in [1.82, 2.24) is 10.3 Å². The number of anilines is 1. The first-order valence-electron chi connectivity index (χ1n) is 7.17. The van der Waals surface area contributed by atoms with Crippen molar-refractivity contribution in [1.29, 1.82) is 0 Å². The highest BCUT2D eigenvalue weighted by atomic mass is 32.2. The number of pyridine rings is 1. The van der Waals surface area contributed by atoms with Gasteiger partial charge >= 0.3 is 0 Å². The lowest BCUT2D eigenvalue weighted by atomic mass is 10.2. The van der Waals surface area contributed by atoms with Crippen LogP contribution in [0.25, 0.3) is 0 Å². The molecule has 0 bridgehead atoms. The van der Waals surface area contributed by atoms with Crippen LogP contribution in [0.2, 0.25) is 0 Å². The van der Waals surface area contributed by atoms with E-state index in [4.69, 9.17) is 0 Å². The number of carbonyl (C=O) groups excluding carboxylic acids is 1. The first kappa shape index (κ1) is 15.8. The molecule has 1 fully saturated rings. The van der Waals surface area contributed by atoms with Gasteiger partial charge in [-0.25, -0.2) is 8.42 Å². The lowest BCUT2D eigenvalue weighted by Crippen LogP contribution is -2.36. The third-order valence-corrected chi connectivity index (χ3v) is 5.44. The maximum atomic E-state index is 12.2. The molecule has 1 unspecified atom stereocenters. The Morgan fingerprint density at radius 1 is 1.43 bits per heavy atom. The van der Waals surface area contributed by atoms with Crippen LogP contribution in [0.4, 0.5) is 5.69 Å². The predicted octanol–water partition coefficient (Wildman–Crippen LogP) is 0.845. The van der Waals surface area contributed by atoms with Gasteiger partial charge in [0.1, 0.15) is 5.69 Å². The SMILES string of the molecule is CCN(CC)c1ccnc(C(=O)NC2CCS(=O)(=O)C2)c1. The second-order valence-corrected chi connectivity index (χ2v) is 7.37. The van der Waals surface area contributed by atoms with E-state index in [0.717, 1.165) is 18.8 Å². The van der Waals surface area contributed by atoms with E-state index < -0.39 is 9.84 Å². The summed E-state index contributed by atoms with van der Waals surface area (Å²) in [7, 11) is -3.00. The number of aromatic nitrogens is 1. The van der Waals surface area contributed by atoms with Gasteiger partial charge in [0, 0.05) is 31.0 Å². The average molecular weight is 311 g/mol. The minimum absolute atomic E-state index is 0.0223. The molecule has 1 saturated heterocycles. The molecule has 0 aliphatic carbocycles. The maximum absolute atomic E-state index is 12.2. The second kappa shape index (κ2) is 6.43. The highest BCUT2D eigenvalue weighted by Gasteiger charge is 2.29. The number of nitrogens with one attached hydrogen (secondary N) is 1. The van der Waals surface area contributed by atoms with Crippen LogP contribution in [0.3, 0.4) is 0 Å². The Balaban J connectivity index is 2.08. The fourth-order valence-electron chi connectivity index (χ4n) is 2.50. The third-order valence-electron chi connectivity index (χ3n) is 3.67. The molecule has 7 heteroatoms. The topological polar surface area (TPSA) is 79.4 Å². The smallest absolute Gasteiger partial charge is 0.270 e. The number of carbonyl (C=O) groups is 1. The number of hydrogen-bond donors (Lipinski definition) is 1. The molecule has 0 radical (unpaired) electrons. The summed E-state index contributed by atoms with van der Waals surface area (Å²) in [5.74, 6) is -0.148. The zero-order valence-electron chi connectivity index (χ0n) is 12.4. The van der Waals surface area contributed by atoms with Crippen molar-refractivity contribution in [3.8, 4) is 0 Å². The summed E-state index contributed by atoms with van der Waals surface area (Å²) in [5.41, 5.74) is 1.27. The summed E-state index contributed by atoms with van der Waals surface area (Å²) in [6.07, 6.45) is 2.08. The molecule has 2 rings (SSSR count). The lowest BCUT2D eigenvalue weighted by Gasteiger charge is -2.21. The Kier molecular flexibility index (Phi) is 4.82. The number of hydrogen-bond acceptors (Lipinski definition) is 5. The number of rotatable bonds is 5. The van der Waals surface area contributed by atoms with Crippen LogP contribution in [0.1, 0.15) is 30.8 Å². The van der Waals surface area contributed by atoms with Crippen molar-refractivity contribution >= 4 is 21.4 Å². The lowest BCUT2D eigenvalue weighted by molar-refractivity contribution is 0.0936. The van der Waals surface area contributed by atoms with Crippen LogP contribution < -0.4 is 10.2 Å². The Morgan fingerprint density at radius 2 is 2.14 bits per heavy atom. The Labute approximate surface area is 125 Å². The van der Waals surface area contributed by atoms with Gasteiger partial charge in [0.25, 0.3) is 5.91 Å². The van der Waals surface area contributed by atoms with E-state index in [1.54, 1.807) is 12.3 Å². The molecule has 1 N–H and O–H groups in total. The van der Waals surface area contributed by atoms with Gasteiger partial charge in [0.15, 0.2) is 9.84 Å². The number of sulfone groups is 1. The van der Waals surface area contributed by atoms with Crippen LogP contribution in [-0.2, 0) is 9.84 Å². The minimum Gasteiger partial charge on any atom is -0.372 e. The van der Waals surface area contributed by atoms with Gasteiger partial charge in [-0.3, -0.25) is 9.78 Å². The maximum Gasteiger partial charge on any atom is 0.270 e. The van der Waals surface area contributed by atoms with Crippen molar-refractivity contribution in [2.45, 2.75) is 26.3 Å². The Bertz CT molecular complexity index is 612. The fourth-order valence-corrected chi connectivity index (χ4v) is 4.17. The molecule has 0 aromatic carbocycles. The van der Waals surface area contributed by atoms with Crippen LogP contribution in [0, 0.1) is 0 Å². The zero-order valence-corrected chi connectivity index (χ0v) is 13.2. The first-order valence-corrected chi connectivity index (χ1v) is 8.99. The van der Waals surface area contributed by atoms with Gasteiger partial charge in [-0.05, 0) is 32.4 Å². The van der Waals surface area contributed by atoms with Gasteiger partial charge in [0.2, 0.25) is 0 Å². The zero-order chi connectivity index (χ0) is 15.5. The molecule has 0 spiro atoms. The molecule has 1 atom stereocenters. The summed E-state index contributed by atoms with van der Waals surface area (Å²) in [4.78, 5) is 18.4. The molecule has 1 aromatic heterocycles. The molecular weight excluding hydrogens is 290 g/mol. The van der Waals surface area contributed by atoms with Crippen molar-refractivity contribution < 1.29 is 13.2 Å². The molecule has 6 nitrogen and oxygen atoms in total. The van der Waals surface area contributed by atoms with Gasteiger partial charge in [-0.2, -0.15) is 0 Å². The summed E-state index contributed by atoms with van der Waals surface area (Å²) >= 11 is 0. The van der Waals surface area contributed by atoms with E-state index in [-0.39, 0.29) is 23.5 Å². The molecule has 1 aliphatic heterocycles. The number of amides is 1. The van der Waals surface area contributed by atoms with E-state index in [1.807, 2.05) is 19.9 Å². The molecule has 0 saturated carbocycles. The van der Waals surface area contributed by atoms with Crippen LogP contribution in [0.5, 0.6) is 0 Å². The van der Waals surface area contributed by atoms with E-state index >= 15 is 0 Å². The normalized spacial score (nSPS) is 20.2. The van der Waals surface area contributed by atoms with E-state index in [2.05, 4.69) is 15.2 Å². The largest absolute Gasteiger partial charge is 0.372 e. The quantitative estimate of drug-likeness (QED) is 0.872. The summed E-state index contributed by atoms with van der Waals surface area (Å²) in [5, 5.41) is 2.75. The monoisotopic (exact) mass is 311 g/mol. The molecule has 2 heterocycles. The molecule has 1 aliphatic rings. The highest BCUT2D eigenvalue weighted by molar-refractivity contribution is 7.91. The van der Waals surface area contributed by atoms with Gasteiger partial charge in [-0.1, -0.05) is 0 Å². The summed E-state index contributed by atoms with van der Waals surface area (Å²) in [6, 6.07) is 3.30. The van der Waals surface area contributed by atoms with E-state index in [9.17, 15) is 13.2 Å². The summed E-state index contributed by atoms with van der Waals surface area (Å²) < 4.78 is 22.8. The van der Waals surface area contributed by atoms with Crippen LogP contribution in [-0.4, -0.2) is 49.9 Å². The van der Waals surface area contributed by atoms with Crippen LogP contribution in [0.15, 0.2) is 18.3 Å². The second-order valence-electron chi connectivity index (χ2n) is 5.14. The highest BCUT2D eigenvalue weighted by Crippen LogP contribution is 2.15. The van der Waals surface area contributed by atoms with Gasteiger partial charge < -0.3 is 10.2 Å². The third kappa shape index (κ3) is 3.93. The van der Waals surface area contributed by atoms with E-state index in [1.165, 1.54) is 0 Å². The first-order chi connectivity index (χ1) is 9.95. The summed E-state index contributed by atoms with van der Waals surface area (Å²) in [6.45, 7) is 5.80. The molecule has 21 heavy (non-hydrogen) atoms. The predicted molar refractivity (Wildman–Crippen MR) is 82.3 cm³/mol. The molecule has 1 aromatic rings. The van der Waals surface area contributed by atoms with Crippen molar-refractivity contribution in [2.24, 2.45) is 0 Å². The van der Waals surface area contributed by atoms with Crippen LogP contribution >= 0.6 is 0 Å². The van der Waals surface area contributed by atoms with E-state index in [0.29, 0.717) is 12.1 Å².